The van der Waals surface area contributed by atoms with E-state index < -0.39 is 0 Å². The highest BCUT2D eigenvalue weighted by Crippen LogP contribution is 2.35. The zero-order valence-corrected chi connectivity index (χ0v) is 13.6. The second kappa shape index (κ2) is 5.44. The van der Waals surface area contributed by atoms with E-state index in [0.717, 1.165) is 28.2 Å². The summed E-state index contributed by atoms with van der Waals surface area (Å²) in [4.78, 5) is 16.8. The monoisotopic (exact) mass is 323 g/mol. The Kier molecular flexibility index (Phi) is 3.37. The number of pyridine rings is 1. The van der Waals surface area contributed by atoms with Gasteiger partial charge in [-0.1, -0.05) is 23.8 Å². The van der Waals surface area contributed by atoms with Crippen molar-refractivity contribution in [2.45, 2.75) is 32.7 Å². The molecule has 1 atom stereocenters. The molecular weight excluding hydrogens is 305 g/mol. The van der Waals surface area contributed by atoms with Crippen LogP contribution in [0.1, 0.15) is 40.4 Å². The van der Waals surface area contributed by atoms with Crippen molar-refractivity contribution >= 4 is 11.6 Å². The summed E-state index contributed by atoms with van der Waals surface area (Å²) in [5.74, 6) is -0.714. The summed E-state index contributed by atoms with van der Waals surface area (Å²) in [6.45, 7) is 4.31. The van der Waals surface area contributed by atoms with Gasteiger partial charge in [-0.3, -0.25) is 4.79 Å². The number of carbonyl (C=O) groups excluding carboxylic acids is 1. The Balaban J connectivity index is 2.00. The van der Waals surface area contributed by atoms with Gasteiger partial charge in [0.25, 0.3) is 0 Å². The lowest BCUT2D eigenvalue weighted by molar-refractivity contribution is -0.121. The van der Waals surface area contributed by atoms with Crippen LogP contribution in [0.15, 0.2) is 36.5 Å². The SMILES string of the molecule is Cc1ccc(F)c([C@@H]2CC(=O)NCc3nc4ccc(C)cn4c32)c1. The van der Waals surface area contributed by atoms with Gasteiger partial charge < -0.3 is 9.72 Å². The van der Waals surface area contributed by atoms with Gasteiger partial charge in [-0.2, -0.15) is 0 Å². The number of nitrogens with one attached hydrogen (secondary N) is 1. The van der Waals surface area contributed by atoms with E-state index in [4.69, 9.17) is 0 Å². The highest BCUT2D eigenvalue weighted by atomic mass is 19.1. The molecule has 0 fully saturated rings. The predicted octanol–water partition coefficient (Wildman–Crippen LogP) is 3.24. The van der Waals surface area contributed by atoms with Crippen molar-refractivity contribution in [1.82, 2.24) is 14.7 Å². The number of carbonyl (C=O) groups is 1. The first kappa shape index (κ1) is 14.9. The summed E-state index contributed by atoms with van der Waals surface area (Å²) < 4.78 is 16.5. The van der Waals surface area contributed by atoms with E-state index in [0.29, 0.717) is 12.1 Å². The van der Waals surface area contributed by atoms with E-state index in [1.807, 2.05) is 42.6 Å². The van der Waals surface area contributed by atoms with E-state index in [2.05, 4.69) is 10.3 Å². The van der Waals surface area contributed by atoms with Crippen molar-refractivity contribution < 1.29 is 9.18 Å². The third-order valence-corrected chi connectivity index (χ3v) is 4.58. The van der Waals surface area contributed by atoms with E-state index in [9.17, 15) is 9.18 Å². The van der Waals surface area contributed by atoms with Gasteiger partial charge >= 0.3 is 0 Å². The summed E-state index contributed by atoms with van der Waals surface area (Å²) in [6.07, 6.45) is 2.22. The number of hydrogen-bond donors (Lipinski definition) is 1. The van der Waals surface area contributed by atoms with Crippen molar-refractivity contribution in [3.05, 3.63) is 70.4 Å². The molecule has 3 aromatic rings. The molecule has 0 saturated carbocycles. The molecule has 122 valence electrons. The lowest BCUT2D eigenvalue weighted by Gasteiger charge is -2.17. The fourth-order valence-electron chi connectivity index (χ4n) is 3.44. The highest BCUT2D eigenvalue weighted by molar-refractivity contribution is 5.78. The zero-order chi connectivity index (χ0) is 16.8. The molecule has 0 bridgehead atoms. The van der Waals surface area contributed by atoms with Crippen LogP contribution in [0.2, 0.25) is 0 Å². The second-order valence-electron chi connectivity index (χ2n) is 6.44. The van der Waals surface area contributed by atoms with Gasteiger partial charge in [-0.05, 0) is 37.1 Å². The van der Waals surface area contributed by atoms with Crippen molar-refractivity contribution in [2.75, 3.05) is 0 Å². The molecule has 0 aliphatic carbocycles. The molecule has 1 aromatic carbocycles. The quantitative estimate of drug-likeness (QED) is 0.747. The Morgan fingerprint density at radius 1 is 1.21 bits per heavy atom. The molecule has 4 nitrogen and oxygen atoms in total. The van der Waals surface area contributed by atoms with Crippen LogP contribution in [-0.2, 0) is 11.3 Å². The summed E-state index contributed by atoms with van der Waals surface area (Å²) >= 11 is 0. The van der Waals surface area contributed by atoms with Crippen LogP contribution < -0.4 is 5.32 Å². The predicted molar refractivity (Wildman–Crippen MR) is 89.4 cm³/mol. The van der Waals surface area contributed by atoms with Crippen molar-refractivity contribution in [2.24, 2.45) is 0 Å². The first-order chi connectivity index (χ1) is 11.5. The molecule has 5 heteroatoms. The van der Waals surface area contributed by atoms with E-state index in [1.165, 1.54) is 6.07 Å². The third-order valence-electron chi connectivity index (χ3n) is 4.58. The average Bonchev–Trinajstić information content (AvgIpc) is 2.82. The second-order valence-corrected chi connectivity index (χ2v) is 6.44. The maximum atomic E-state index is 14.5. The average molecular weight is 323 g/mol. The minimum Gasteiger partial charge on any atom is -0.350 e. The molecule has 0 spiro atoms. The Bertz CT molecular complexity index is 961. The van der Waals surface area contributed by atoms with Gasteiger partial charge in [0, 0.05) is 18.5 Å². The maximum Gasteiger partial charge on any atom is 0.221 e. The lowest BCUT2D eigenvalue weighted by atomic mass is 9.90. The number of aryl methyl sites for hydroxylation is 2. The molecule has 1 aliphatic rings. The normalized spacial score (nSPS) is 17.5. The molecule has 1 N–H and O–H groups in total. The number of benzene rings is 1. The molecule has 4 rings (SSSR count). The van der Waals surface area contributed by atoms with Crippen LogP contribution in [0.25, 0.3) is 5.65 Å². The van der Waals surface area contributed by atoms with Gasteiger partial charge in [0.05, 0.1) is 17.9 Å². The number of amides is 1. The summed E-state index contributed by atoms with van der Waals surface area (Å²) in [6, 6.07) is 9.01. The van der Waals surface area contributed by atoms with E-state index in [1.54, 1.807) is 6.07 Å². The number of aromatic nitrogens is 2. The van der Waals surface area contributed by atoms with Crippen molar-refractivity contribution in [3.8, 4) is 0 Å². The third kappa shape index (κ3) is 2.37. The number of rotatable bonds is 1. The number of hydrogen-bond acceptors (Lipinski definition) is 2. The maximum absolute atomic E-state index is 14.5. The molecule has 0 radical (unpaired) electrons. The summed E-state index contributed by atoms with van der Waals surface area (Å²) in [5, 5.41) is 2.87. The van der Waals surface area contributed by atoms with Crippen LogP contribution in [0.3, 0.4) is 0 Å². The van der Waals surface area contributed by atoms with Crippen LogP contribution >= 0.6 is 0 Å². The largest absolute Gasteiger partial charge is 0.350 e. The van der Waals surface area contributed by atoms with Crippen molar-refractivity contribution in [3.63, 3.8) is 0 Å². The number of nitrogens with zero attached hydrogens (tertiary/aromatic N) is 2. The molecular formula is C19H18FN3O. The molecule has 24 heavy (non-hydrogen) atoms. The first-order valence-electron chi connectivity index (χ1n) is 8.03. The topological polar surface area (TPSA) is 46.4 Å². The Hall–Kier alpha value is -2.69. The van der Waals surface area contributed by atoms with Gasteiger partial charge in [0.15, 0.2) is 0 Å². The van der Waals surface area contributed by atoms with Gasteiger partial charge in [-0.25, -0.2) is 9.37 Å². The summed E-state index contributed by atoms with van der Waals surface area (Å²) in [5.41, 5.74) is 5.14. The van der Waals surface area contributed by atoms with E-state index in [-0.39, 0.29) is 24.1 Å². The molecule has 1 amide bonds. The molecule has 0 unspecified atom stereocenters. The van der Waals surface area contributed by atoms with Crippen LogP contribution in [0.5, 0.6) is 0 Å². The fraction of sp³-hybridized carbons (Fsp3) is 0.263. The van der Waals surface area contributed by atoms with Crippen LogP contribution in [0, 0.1) is 19.7 Å². The van der Waals surface area contributed by atoms with Crippen LogP contribution in [-0.4, -0.2) is 15.3 Å². The zero-order valence-electron chi connectivity index (χ0n) is 13.6. The van der Waals surface area contributed by atoms with Gasteiger partial charge in [-0.15, -0.1) is 0 Å². The Morgan fingerprint density at radius 2 is 2.00 bits per heavy atom. The number of imidazole rings is 1. The standard InChI is InChI=1S/C19H18FN3O/c1-11-3-5-15(20)13(7-11)14-8-18(24)21-9-16-19(14)23-10-12(2)4-6-17(23)22-16/h3-7,10,14H,8-9H2,1-2H3,(H,21,24)/t14-/m0/s1. The minimum absolute atomic E-state index is 0.0830. The molecule has 1 aliphatic heterocycles. The summed E-state index contributed by atoms with van der Waals surface area (Å²) in [7, 11) is 0. The minimum atomic E-state index is -0.348. The Labute approximate surface area is 139 Å². The van der Waals surface area contributed by atoms with Crippen molar-refractivity contribution in [1.29, 1.82) is 0 Å². The Morgan fingerprint density at radius 3 is 2.83 bits per heavy atom. The molecule has 2 aromatic heterocycles. The molecule has 0 saturated heterocycles. The molecule has 3 heterocycles. The van der Waals surface area contributed by atoms with Gasteiger partial charge in [0.2, 0.25) is 5.91 Å². The fourth-order valence-corrected chi connectivity index (χ4v) is 3.44. The smallest absolute Gasteiger partial charge is 0.221 e. The lowest BCUT2D eigenvalue weighted by Crippen LogP contribution is -2.21. The van der Waals surface area contributed by atoms with E-state index >= 15 is 0 Å². The first-order valence-corrected chi connectivity index (χ1v) is 8.03. The number of fused-ring (bicyclic) bond motifs is 3. The van der Waals surface area contributed by atoms with Gasteiger partial charge in [0.1, 0.15) is 11.5 Å². The highest BCUT2D eigenvalue weighted by Gasteiger charge is 2.30. The van der Waals surface area contributed by atoms with Crippen LogP contribution in [0.4, 0.5) is 4.39 Å². The number of halogens is 1.